The number of carboxylic acids is 1. The Morgan fingerprint density at radius 3 is 2.45 bits per heavy atom. The van der Waals surface area contributed by atoms with Crippen LogP contribution in [0.4, 0.5) is 4.79 Å². The van der Waals surface area contributed by atoms with Crippen molar-refractivity contribution in [1.82, 2.24) is 10.6 Å². The summed E-state index contributed by atoms with van der Waals surface area (Å²) in [5.41, 5.74) is -0.751. The zero-order valence-electron chi connectivity index (χ0n) is 12.3. The van der Waals surface area contributed by atoms with Gasteiger partial charge in [0.15, 0.2) is 0 Å². The van der Waals surface area contributed by atoms with E-state index in [1.807, 2.05) is 0 Å². The van der Waals surface area contributed by atoms with Gasteiger partial charge in [-0.05, 0) is 38.0 Å². The molecule has 2 atom stereocenters. The summed E-state index contributed by atoms with van der Waals surface area (Å²) in [5.74, 6) is -0.101. The van der Waals surface area contributed by atoms with Crippen molar-refractivity contribution in [2.45, 2.75) is 64.3 Å². The second-order valence-corrected chi connectivity index (χ2v) is 6.59. The van der Waals surface area contributed by atoms with Crippen LogP contribution in [-0.2, 0) is 4.79 Å². The van der Waals surface area contributed by atoms with Crippen LogP contribution in [-0.4, -0.2) is 29.7 Å². The predicted molar refractivity (Wildman–Crippen MR) is 76.5 cm³/mol. The minimum Gasteiger partial charge on any atom is -0.481 e. The van der Waals surface area contributed by atoms with Gasteiger partial charge in [0.1, 0.15) is 0 Å². The van der Waals surface area contributed by atoms with E-state index in [0.717, 1.165) is 38.5 Å². The SMILES string of the molecule is CC1CCC(NC(=O)NCC2(C(=O)O)CCCCC2)C1. The molecule has 2 aliphatic carbocycles. The first-order chi connectivity index (χ1) is 9.52. The van der Waals surface area contributed by atoms with Gasteiger partial charge in [-0.2, -0.15) is 0 Å². The Hall–Kier alpha value is -1.26. The highest BCUT2D eigenvalue weighted by molar-refractivity contribution is 5.78. The van der Waals surface area contributed by atoms with E-state index in [1.165, 1.54) is 0 Å². The first-order valence-electron chi connectivity index (χ1n) is 7.80. The number of rotatable bonds is 4. The van der Waals surface area contributed by atoms with Crippen molar-refractivity contribution in [3.8, 4) is 0 Å². The largest absolute Gasteiger partial charge is 0.481 e. The molecule has 2 unspecified atom stereocenters. The van der Waals surface area contributed by atoms with E-state index in [9.17, 15) is 14.7 Å². The van der Waals surface area contributed by atoms with E-state index < -0.39 is 11.4 Å². The van der Waals surface area contributed by atoms with Crippen LogP contribution in [0.3, 0.4) is 0 Å². The predicted octanol–water partition coefficient (Wildman–Crippen LogP) is 2.51. The highest BCUT2D eigenvalue weighted by Crippen LogP contribution is 2.36. The maximum Gasteiger partial charge on any atom is 0.315 e. The average molecular weight is 282 g/mol. The summed E-state index contributed by atoms with van der Waals surface area (Å²) >= 11 is 0. The van der Waals surface area contributed by atoms with Gasteiger partial charge < -0.3 is 15.7 Å². The van der Waals surface area contributed by atoms with Crippen LogP contribution in [0, 0.1) is 11.3 Å². The Bertz CT molecular complexity index is 364. The van der Waals surface area contributed by atoms with Crippen molar-refractivity contribution in [2.75, 3.05) is 6.54 Å². The van der Waals surface area contributed by atoms with Crippen LogP contribution >= 0.6 is 0 Å². The number of carbonyl (C=O) groups excluding carboxylic acids is 1. The molecule has 3 N–H and O–H groups in total. The molecular weight excluding hydrogens is 256 g/mol. The van der Waals surface area contributed by atoms with Gasteiger partial charge in [-0.25, -0.2) is 4.79 Å². The molecule has 2 fully saturated rings. The van der Waals surface area contributed by atoms with Crippen LogP contribution in [0.15, 0.2) is 0 Å². The van der Waals surface area contributed by atoms with Crippen LogP contribution in [0.1, 0.15) is 58.3 Å². The summed E-state index contributed by atoms with van der Waals surface area (Å²) in [6.45, 7) is 2.44. The van der Waals surface area contributed by atoms with E-state index in [2.05, 4.69) is 17.6 Å². The summed E-state index contributed by atoms with van der Waals surface area (Å²) in [5, 5.41) is 15.2. The fraction of sp³-hybridized carbons (Fsp3) is 0.867. The molecule has 2 saturated carbocycles. The summed E-state index contributed by atoms with van der Waals surface area (Å²) < 4.78 is 0. The van der Waals surface area contributed by atoms with Crippen molar-refractivity contribution in [2.24, 2.45) is 11.3 Å². The molecule has 2 amide bonds. The van der Waals surface area contributed by atoms with E-state index in [4.69, 9.17) is 0 Å². The van der Waals surface area contributed by atoms with Gasteiger partial charge in [-0.15, -0.1) is 0 Å². The zero-order valence-corrected chi connectivity index (χ0v) is 12.3. The van der Waals surface area contributed by atoms with Crippen LogP contribution in [0.2, 0.25) is 0 Å². The average Bonchev–Trinajstić information content (AvgIpc) is 2.83. The van der Waals surface area contributed by atoms with Crippen molar-refractivity contribution < 1.29 is 14.7 Å². The fourth-order valence-corrected chi connectivity index (χ4v) is 3.52. The van der Waals surface area contributed by atoms with Crippen molar-refractivity contribution in [3.05, 3.63) is 0 Å². The first kappa shape index (κ1) is 15.1. The topological polar surface area (TPSA) is 78.4 Å². The molecule has 0 radical (unpaired) electrons. The van der Waals surface area contributed by atoms with Gasteiger partial charge >= 0.3 is 12.0 Å². The monoisotopic (exact) mass is 282 g/mol. The Labute approximate surface area is 120 Å². The molecule has 0 aromatic rings. The normalized spacial score (nSPS) is 28.9. The van der Waals surface area contributed by atoms with Crippen LogP contribution in [0.5, 0.6) is 0 Å². The third-order valence-corrected chi connectivity index (χ3v) is 4.88. The molecule has 0 heterocycles. The standard InChI is InChI=1S/C15H26N2O3/c1-11-5-6-12(9-11)17-14(20)16-10-15(13(18)19)7-3-2-4-8-15/h11-12H,2-10H2,1H3,(H,18,19)(H2,16,17,20). The second-order valence-electron chi connectivity index (χ2n) is 6.59. The molecule has 2 aliphatic rings. The Balaban J connectivity index is 1.80. The Morgan fingerprint density at radius 2 is 1.90 bits per heavy atom. The molecule has 2 rings (SSSR count). The molecule has 5 heteroatoms. The third kappa shape index (κ3) is 3.64. The fourth-order valence-electron chi connectivity index (χ4n) is 3.52. The van der Waals surface area contributed by atoms with E-state index in [0.29, 0.717) is 18.8 Å². The van der Waals surface area contributed by atoms with Gasteiger partial charge in [0.25, 0.3) is 0 Å². The maximum absolute atomic E-state index is 11.9. The molecule has 5 nitrogen and oxygen atoms in total. The lowest BCUT2D eigenvalue weighted by atomic mass is 9.74. The zero-order chi connectivity index (χ0) is 14.6. The molecular formula is C15H26N2O3. The van der Waals surface area contributed by atoms with Gasteiger partial charge in [0, 0.05) is 12.6 Å². The molecule has 20 heavy (non-hydrogen) atoms. The number of carboxylic acid groups (broad SMARTS) is 1. The van der Waals surface area contributed by atoms with Crippen molar-refractivity contribution in [3.63, 3.8) is 0 Å². The Morgan fingerprint density at radius 1 is 1.20 bits per heavy atom. The maximum atomic E-state index is 11.9. The number of carbonyl (C=O) groups is 2. The van der Waals surface area contributed by atoms with E-state index in [-0.39, 0.29) is 18.6 Å². The molecule has 0 aromatic heterocycles. The van der Waals surface area contributed by atoms with Gasteiger partial charge in [0.05, 0.1) is 5.41 Å². The summed E-state index contributed by atoms with van der Waals surface area (Å²) in [6, 6.07) is 0.0347. The molecule has 0 saturated heterocycles. The first-order valence-corrected chi connectivity index (χ1v) is 7.80. The third-order valence-electron chi connectivity index (χ3n) is 4.88. The van der Waals surface area contributed by atoms with Gasteiger partial charge in [-0.3, -0.25) is 4.79 Å². The smallest absolute Gasteiger partial charge is 0.315 e. The molecule has 0 aromatic carbocycles. The minimum atomic E-state index is -0.771. The minimum absolute atomic E-state index is 0.213. The number of nitrogens with one attached hydrogen (secondary N) is 2. The van der Waals surface area contributed by atoms with Crippen LogP contribution < -0.4 is 10.6 Å². The highest BCUT2D eigenvalue weighted by Gasteiger charge is 2.39. The summed E-state index contributed by atoms with van der Waals surface area (Å²) in [4.78, 5) is 23.4. The van der Waals surface area contributed by atoms with E-state index >= 15 is 0 Å². The molecule has 0 aliphatic heterocycles. The highest BCUT2D eigenvalue weighted by atomic mass is 16.4. The quantitative estimate of drug-likeness (QED) is 0.741. The lowest BCUT2D eigenvalue weighted by Gasteiger charge is -2.33. The summed E-state index contributed by atoms with van der Waals surface area (Å²) in [6.07, 6.45) is 7.53. The van der Waals surface area contributed by atoms with E-state index in [1.54, 1.807) is 0 Å². The lowest BCUT2D eigenvalue weighted by Crippen LogP contribution is -2.48. The molecule has 0 bridgehead atoms. The van der Waals surface area contributed by atoms with Gasteiger partial charge in [0.2, 0.25) is 0 Å². The second kappa shape index (κ2) is 6.46. The van der Waals surface area contributed by atoms with Crippen molar-refractivity contribution >= 4 is 12.0 Å². The number of hydrogen-bond donors (Lipinski definition) is 3. The molecule has 0 spiro atoms. The summed E-state index contributed by atoms with van der Waals surface area (Å²) in [7, 11) is 0. The number of hydrogen-bond acceptors (Lipinski definition) is 2. The Kier molecular flexibility index (Phi) is 4.89. The number of urea groups is 1. The van der Waals surface area contributed by atoms with Gasteiger partial charge in [-0.1, -0.05) is 26.2 Å². The number of amides is 2. The molecule has 114 valence electrons. The number of aliphatic carboxylic acids is 1. The van der Waals surface area contributed by atoms with Crippen LogP contribution in [0.25, 0.3) is 0 Å². The van der Waals surface area contributed by atoms with Crippen molar-refractivity contribution in [1.29, 1.82) is 0 Å². The lowest BCUT2D eigenvalue weighted by molar-refractivity contribution is -0.150.